The average Bonchev–Trinajstić information content (AvgIpc) is 2.48. The Labute approximate surface area is 127 Å². The predicted molar refractivity (Wildman–Crippen MR) is 85.7 cm³/mol. The van der Waals surface area contributed by atoms with Crippen molar-refractivity contribution in [2.45, 2.75) is 51.0 Å². The molecule has 1 aliphatic carbocycles. The van der Waals surface area contributed by atoms with Crippen LogP contribution in [0, 0.1) is 0 Å². The summed E-state index contributed by atoms with van der Waals surface area (Å²) in [5.74, 6) is 0.785. The van der Waals surface area contributed by atoms with E-state index >= 15 is 0 Å². The molecule has 1 saturated carbocycles. The zero-order valence-corrected chi connectivity index (χ0v) is 12.6. The van der Waals surface area contributed by atoms with Crippen LogP contribution in [-0.2, 0) is 0 Å². The lowest BCUT2D eigenvalue weighted by Crippen LogP contribution is -2.35. The van der Waals surface area contributed by atoms with Gasteiger partial charge in [0, 0.05) is 11.6 Å². The predicted octanol–water partition coefficient (Wildman–Crippen LogP) is 4.09. The first-order valence-electron chi connectivity index (χ1n) is 7.94. The van der Waals surface area contributed by atoms with Gasteiger partial charge in [-0.15, -0.1) is 0 Å². The van der Waals surface area contributed by atoms with E-state index in [-0.39, 0.29) is 5.91 Å². The maximum Gasteiger partial charge on any atom is 0.251 e. The molecule has 0 saturated heterocycles. The fourth-order valence-electron chi connectivity index (χ4n) is 2.73. The SMILES string of the molecule is C=CCOc1ccc(C(=O)NC2CCCCCCC2)cc1. The number of rotatable bonds is 5. The van der Waals surface area contributed by atoms with Crippen molar-refractivity contribution in [2.75, 3.05) is 6.61 Å². The van der Waals surface area contributed by atoms with E-state index < -0.39 is 0 Å². The van der Waals surface area contributed by atoms with Gasteiger partial charge in [-0.1, -0.05) is 44.8 Å². The third-order valence-corrected chi connectivity index (χ3v) is 3.92. The summed E-state index contributed by atoms with van der Waals surface area (Å²) in [5.41, 5.74) is 0.697. The van der Waals surface area contributed by atoms with Gasteiger partial charge in [0.15, 0.2) is 0 Å². The number of benzene rings is 1. The van der Waals surface area contributed by atoms with Crippen molar-refractivity contribution in [2.24, 2.45) is 0 Å². The van der Waals surface area contributed by atoms with Crippen LogP contribution in [0.15, 0.2) is 36.9 Å². The Kier molecular flexibility index (Phi) is 6.32. The van der Waals surface area contributed by atoms with Gasteiger partial charge in [-0.3, -0.25) is 4.79 Å². The van der Waals surface area contributed by atoms with E-state index in [0.717, 1.165) is 18.6 Å². The fourth-order valence-corrected chi connectivity index (χ4v) is 2.73. The van der Waals surface area contributed by atoms with Crippen LogP contribution in [0.2, 0.25) is 0 Å². The normalized spacial score (nSPS) is 16.6. The molecular formula is C18H25NO2. The molecule has 0 unspecified atom stereocenters. The monoisotopic (exact) mass is 287 g/mol. The van der Waals surface area contributed by atoms with E-state index in [2.05, 4.69) is 11.9 Å². The minimum absolute atomic E-state index is 0.0239. The minimum atomic E-state index is 0.0239. The van der Waals surface area contributed by atoms with E-state index in [0.29, 0.717) is 18.2 Å². The van der Waals surface area contributed by atoms with E-state index in [9.17, 15) is 4.79 Å². The van der Waals surface area contributed by atoms with Crippen LogP contribution in [0.5, 0.6) is 5.75 Å². The highest BCUT2D eigenvalue weighted by atomic mass is 16.5. The number of carbonyl (C=O) groups excluding carboxylic acids is 1. The number of hydrogen-bond acceptors (Lipinski definition) is 2. The third kappa shape index (κ3) is 5.25. The summed E-state index contributed by atoms with van der Waals surface area (Å²) >= 11 is 0. The Morgan fingerprint density at radius 3 is 2.38 bits per heavy atom. The first-order chi connectivity index (χ1) is 10.3. The number of amides is 1. The van der Waals surface area contributed by atoms with Crippen molar-refractivity contribution in [3.05, 3.63) is 42.5 Å². The minimum Gasteiger partial charge on any atom is -0.490 e. The number of hydrogen-bond donors (Lipinski definition) is 1. The van der Waals surface area contributed by atoms with Crippen LogP contribution in [0.1, 0.15) is 55.3 Å². The second-order valence-corrected chi connectivity index (χ2v) is 5.64. The number of carbonyl (C=O) groups is 1. The Morgan fingerprint density at radius 1 is 1.14 bits per heavy atom. The van der Waals surface area contributed by atoms with Gasteiger partial charge < -0.3 is 10.1 Å². The smallest absolute Gasteiger partial charge is 0.251 e. The third-order valence-electron chi connectivity index (χ3n) is 3.92. The Bertz CT molecular complexity index is 445. The molecule has 3 heteroatoms. The molecule has 0 atom stereocenters. The van der Waals surface area contributed by atoms with Crippen LogP contribution in [0.3, 0.4) is 0 Å². The van der Waals surface area contributed by atoms with Gasteiger partial charge >= 0.3 is 0 Å². The topological polar surface area (TPSA) is 38.3 Å². The van der Waals surface area contributed by atoms with Crippen molar-refractivity contribution >= 4 is 5.91 Å². The highest BCUT2D eigenvalue weighted by Crippen LogP contribution is 2.18. The maximum atomic E-state index is 12.3. The summed E-state index contributed by atoms with van der Waals surface area (Å²) < 4.78 is 5.42. The molecular weight excluding hydrogens is 262 g/mol. The summed E-state index contributed by atoms with van der Waals surface area (Å²) in [7, 11) is 0. The van der Waals surface area contributed by atoms with Crippen LogP contribution >= 0.6 is 0 Å². The van der Waals surface area contributed by atoms with Crippen molar-refractivity contribution in [3.8, 4) is 5.75 Å². The van der Waals surface area contributed by atoms with Gasteiger partial charge in [-0.05, 0) is 37.1 Å². The van der Waals surface area contributed by atoms with Crippen LogP contribution in [0.25, 0.3) is 0 Å². The molecule has 0 radical (unpaired) electrons. The summed E-state index contributed by atoms with van der Waals surface area (Å²) in [6, 6.07) is 7.62. The van der Waals surface area contributed by atoms with E-state index in [1.807, 2.05) is 24.3 Å². The van der Waals surface area contributed by atoms with E-state index in [1.54, 1.807) is 6.08 Å². The summed E-state index contributed by atoms with van der Waals surface area (Å²) in [5, 5.41) is 3.17. The van der Waals surface area contributed by atoms with Gasteiger partial charge in [0.25, 0.3) is 5.91 Å². The van der Waals surface area contributed by atoms with E-state index in [4.69, 9.17) is 4.74 Å². The fraction of sp³-hybridized carbons (Fsp3) is 0.500. The Hall–Kier alpha value is -1.77. The van der Waals surface area contributed by atoms with Gasteiger partial charge in [-0.2, -0.15) is 0 Å². The Balaban J connectivity index is 1.88. The van der Waals surface area contributed by atoms with Crippen molar-refractivity contribution < 1.29 is 9.53 Å². The maximum absolute atomic E-state index is 12.3. The molecule has 114 valence electrons. The standard InChI is InChI=1S/C18H25NO2/c1-2-14-21-17-12-10-15(11-13-17)18(20)19-16-8-6-4-3-5-7-9-16/h2,10-13,16H,1,3-9,14H2,(H,19,20). The molecule has 1 amide bonds. The second-order valence-electron chi connectivity index (χ2n) is 5.64. The average molecular weight is 287 g/mol. The zero-order valence-electron chi connectivity index (χ0n) is 12.6. The number of ether oxygens (including phenoxy) is 1. The molecule has 0 bridgehead atoms. The molecule has 1 aromatic carbocycles. The largest absolute Gasteiger partial charge is 0.490 e. The highest BCUT2D eigenvalue weighted by Gasteiger charge is 2.15. The van der Waals surface area contributed by atoms with Crippen molar-refractivity contribution in [1.29, 1.82) is 0 Å². The van der Waals surface area contributed by atoms with Gasteiger partial charge in [0.1, 0.15) is 12.4 Å². The lowest BCUT2D eigenvalue weighted by atomic mass is 9.96. The first-order valence-corrected chi connectivity index (χ1v) is 7.94. The molecule has 1 aliphatic rings. The Morgan fingerprint density at radius 2 is 1.76 bits per heavy atom. The second kappa shape index (κ2) is 8.50. The molecule has 1 aromatic rings. The lowest BCUT2D eigenvalue weighted by molar-refractivity contribution is 0.0930. The summed E-state index contributed by atoms with van der Waals surface area (Å²) in [6.45, 7) is 4.09. The van der Waals surface area contributed by atoms with Gasteiger partial charge in [0.2, 0.25) is 0 Å². The summed E-state index contributed by atoms with van der Waals surface area (Å²) in [6.07, 6.45) is 10.3. The van der Waals surface area contributed by atoms with Crippen LogP contribution < -0.4 is 10.1 Å². The molecule has 21 heavy (non-hydrogen) atoms. The van der Waals surface area contributed by atoms with Crippen LogP contribution in [0.4, 0.5) is 0 Å². The molecule has 0 aromatic heterocycles. The molecule has 1 fully saturated rings. The van der Waals surface area contributed by atoms with Gasteiger partial charge in [-0.25, -0.2) is 0 Å². The molecule has 0 spiro atoms. The zero-order chi connectivity index (χ0) is 14.9. The molecule has 0 heterocycles. The first kappa shape index (κ1) is 15.6. The highest BCUT2D eigenvalue weighted by molar-refractivity contribution is 5.94. The molecule has 1 N–H and O–H groups in total. The van der Waals surface area contributed by atoms with Gasteiger partial charge in [0.05, 0.1) is 0 Å². The quantitative estimate of drug-likeness (QED) is 0.828. The lowest BCUT2D eigenvalue weighted by Gasteiger charge is -2.21. The summed E-state index contributed by atoms with van der Waals surface area (Å²) in [4.78, 5) is 12.3. The molecule has 0 aliphatic heterocycles. The molecule has 2 rings (SSSR count). The van der Waals surface area contributed by atoms with Crippen molar-refractivity contribution in [1.82, 2.24) is 5.32 Å². The van der Waals surface area contributed by atoms with Crippen molar-refractivity contribution in [3.63, 3.8) is 0 Å². The number of nitrogens with one attached hydrogen (secondary N) is 1. The van der Waals surface area contributed by atoms with E-state index in [1.165, 1.54) is 32.1 Å². The van der Waals surface area contributed by atoms with Crippen LogP contribution in [-0.4, -0.2) is 18.6 Å². The molecule has 3 nitrogen and oxygen atoms in total.